The van der Waals surface area contributed by atoms with Crippen LogP contribution >= 0.6 is 45.2 Å². The van der Waals surface area contributed by atoms with Gasteiger partial charge in [0.05, 0.1) is 22.1 Å². The van der Waals surface area contributed by atoms with Gasteiger partial charge in [-0.25, -0.2) is 0 Å². The highest BCUT2D eigenvalue weighted by molar-refractivity contribution is 14.1. The first-order valence-electron chi connectivity index (χ1n) is 39.5. The molecule has 20 aromatic rings. The lowest BCUT2D eigenvalue weighted by molar-refractivity contribution is 1.18. The summed E-state index contributed by atoms with van der Waals surface area (Å²) in [6.45, 7) is 0. The standard InChI is InChI=1S/C66H49N5.C24H20N2.C18H11I2N/c1-8-22-50(23-9-1)67(51-24-10-2-11-25-51)57-36-40-59(41-37-57)69(54-30-16-5-17-31-54)61-44-46-65-63(48-61)64-49-62(45-47-66(64)71(65)56-34-20-7-21-35-56)70(55-32-18-6-19-33-55)60-42-38-58(39-43-60)68(52-26-12-3-13-27-52)53-28-14-4-15-29-53;1-4-10-20(11-5-1)25-21-16-18-24(19-17-21)26(22-12-6-2-7-13-22)23-14-8-3-9-15-23;19-12-6-8-17-15(10-12)16-11-13(20)7-9-18(16)21(17)14-4-2-1-3-5-14/h1-49H;1-19,25H;1-11H. The zero-order valence-corrected chi connectivity index (χ0v) is 68.8. The number of rotatable bonds is 19. The summed E-state index contributed by atoms with van der Waals surface area (Å²) in [5.41, 5.74) is 25.6. The van der Waals surface area contributed by atoms with Gasteiger partial charge in [0.2, 0.25) is 0 Å². The van der Waals surface area contributed by atoms with Crippen molar-refractivity contribution < 1.29 is 0 Å². The lowest BCUT2D eigenvalue weighted by atomic mass is 10.1. The van der Waals surface area contributed by atoms with E-state index in [-0.39, 0.29) is 0 Å². The van der Waals surface area contributed by atoms with Crippen LogP contribution in [0.5, 0.6) is 0 Å². The Morgan fingerprint density at radius 3 is 0.593 bits per heavy atom. The smallest absolute Gasteiger partial charge is 0.0542 e. The third-order valence-electron chi connectivity index (χ3n) is 21.0. The molecule has 10 heteroatoms. The summed E-state index contributed by atoms with van der Waals surface area (Å²) in [6, 6.07) is 169. The number of benzene rings is 18. The maximum Gasteiger partial charge on any atom is 0.0542 e. The fourth-order valence-corrected chi connectivity index (χ4v) is 16.7. The highest BCUT2D eigenvalue weighted by Gasteiger charge is 2.23. The molecule has 0 amide bonds. The van der Waals surface area contributed by atoms with Gasteiger partial charge in [-0.3, -0.25) is 0 Å². The van der Waals surface area contributed by atoms with Crippen LogP contribution in [0.2, 0.25) is 0 Å². The molecule has 1 N–H and O–H groups in total. The van der Waals surface area contributed by atoms with Crippen molar-refractivity contribution in [3.8, 4) is 11.4 Å². The number of aromatic nitrogens is 2. The maximum absolute atomic E-state index is 3.43. The van der Waals surface area contributed by atoms with Crippen LogP contribution in [0.3, 0.4) is 0 Å². The van der Waals surface area contributed by atoms with E-state index in [4.69, 9.17) is 0 Å². The van der Waals surface area contributed by atoms with Crippen LogP contribution in [0, 0.1) is 7.14 Å². The number of anilines is 17. The lowest BCUT2D eigenvalue weighted by Crippen LogP contribution is -2.12. The van der Waals surface area contributed by atoms with Gasteiger partial charge in [0.1, 0.15) is 0 Å². The number of hydrogen-bond acceptors (Lipinski definition) is 6. The Hall–Kier alpha value is -14.2. The summed E-state index contributed by atoms with van der Waals surface area (Å²) < 4.78 is 7.28. The lowest BCUT2D eigenvalue weighted by Gasteiger charge is -2.28. The number of fused-ring (bicyclic) bond motifs is 6. The molecule has 566 valence electrons. The van der Waals surface area contributed by atoms with E-state index in [9.17, 15) is 0 Å². The summed E-state index contributed by atoms with van der Waals surface area (Å²) in [6.07, 6.45) is 0. The first-order chi connectivity index (χ1) is 58.4. The Bertz CT molecular complexity index is 6270. The second-order valence-corrected chi connectivity index (χ2v) is 31.0. The average molecular weight is 1740 g/mol. The first kappa shape index (κ1) is 75.2. The number of halogens is 2. The molecule has 2 heterocycles. The minimum atomic E-state index is 1.06. The molecule has 0 aliphatic rings. The number of nitrogens with zero attached hydrogens (tertiary/aromatic N) is 7. The monoisotopic (exact) mass is 1740 g/mol. The van der Waals surface area contributed by atoms with E-state index in [2.05, 4.69) is 533 Å². The summed E-state index contributed by atoms with van der Waals surface area (Å²) in [4.78, 5) is 11.6. The molecule has 20 rings (SSSR count). The number of hydrogen-bond donors (Lipinski definition) is 1. The van der Waals surface area contributed by atoms with Crippen molar-refractivity contribution >= 4 is 185 Å². The topological polar surface area (TPSA) is 38.1 Å². The molecule has 0 saturated heterocycles. The van der Waals surface area contributed by atoms with Crippen LogP contribution in [-0.2, 0) is 0 Å². The van der Waals surface area contributed by atoms with Gasteiger partial charge in [-0.05, 0) is 324 Å². The molecular formula is C108H80I2N8. The Kier molecular flexibility index (Phi) is 22.5. The Labute approximate surface area is 716 Å². The molecule has 2 aromatic heterocycles. The summed E-state index contributed by atoms with van der Waals surface area (Å²) in [5, 5.41) is 8.38. The molecular weight excluding hydrogens is 1660 g/mol. The second kappa shape index (κ2) is 35.3. The Balaban J connectivity index is 0.000000164. The van der Waals surface area contributed by atoms with Gasteiger partial charge in [0, 0.05) is 137 Å². The normalized spacial score (nSPS) is 11.0. The molecule has 0 aliphatic heterocycles. The summed E-state index contributed by atoms with van der Waals surface area (Å²) >= 11 is 4.76. The fraction of sp³-hybridized carbons (Fsp3) is 0. The molecule has 18 aromatic carbocycles. The number of nitrogens with one attached hydrogen (secondary N) is 1. The van der Waals surface area contributed by atoms with E-state index in [0.717, 1.165) is 124 Å². The van der Waals surface area contributed by atoms with Crippen molar-refractivity contribution in [1.82, 2.24) is 9.13 Å². The molecule has 0 fully saturated rings. The van der Waals surface area contributed by atoms with E-state index in [1.54, 1.807) is 0 Å². The van der Waals surface area contributed by atoms with Gasteiger partial charge in [-0.1, -0.05) is 200 Å². The zero-order chi connectivity index (χ0) is 79.4. The van der Waals surface area contributed by atoms with Gasteiger partial charge in [0.25, 0.3) is 0 Å². The molecule has 0 spiro atoms. The van der Waals surface area contributed by atoms with Crippen molar-refractivity contribution in [3.63, 3.8) is 0 Å². The SMILES string of the molecule is Ic1ccc2c(c1)c1cc(I)ccc1n2-c1ccccc1.c1ccc(N(c2ccccc2)c2ccc(N(c3ccccc3)c3ccc4c(c3)c3cc(N(c5ccccc5)c5ccc(N(c6ccccc6)c6ccccc6)cc5)ccc3n4-c3ccccc3)cc2)cc1.c1ccc(Nc2ccc(N(c3ccccc3)c3ccccc3)cc2)cc1. The predicted molar refractivity (Wildman–Crippen MR) is 517 cm³/mol. The van der Waals surface area contributed by atoms with Crippen LogP contribution in [0.25, 0.3) is 55.0 Å². The average Bonchev–Trinajstić information content (AvgIpc) is 1.59. The second-order valence-electron chi connectivity index (χ2n) is 28.5. The first-order valence-corrected chi connectivity index (χ1v) is 41.7. The van der Waals surface area contributed by atoms with Crippen LogP contribution in [0.4, 0.5) is 96.7 Å². The van der Waals surface area contributed by atoms with E-state index in [1.807, 2.05) is 30.3 Å². The molecule has 0 aliphatic carbocycles. The van der Waals surface area contributed by atoms with Crippen molar-refractivity contribution in [3.05, 3.63) is 486 Å². The van der Waals surface area contributed by atoms with Gasteiger partial charge < -0.3 is 39.0 Å². The predicted octanol–water partition coefficient (Wildman–Crippen LogP) is 31.6. The molecule has 118 heavy (non-hydrogen) atoms. The molecule has 0 radical (unpaired) electrons. The third-order valence-corrected chi connectivity index (χ3v) is 22.3. The molecule has 0 bridgehead atoms. The minimum Gasteiger partial charge on any atom is -0.356 e. The fourth-order valence-electron chi connectivity index (χ4n) is 15.7. The molecule has 0 atom stereocenters. The van der Waals surface area contributed by atoms with Crippen molar-refractivity contribution in [2.24, 2.45) is 0 Å². The van der Waals surface area contributed by atoms with Gasteiger partial charge in [-0.2, -0.15) is 0 Å². The molecule has 0 saturated carbocycles. The highest BCUT2D eigenvalue weighted by Crippen LogP contribution is 2.46. The number of para-hydroxylation sites is 11. The van der Waals surface area contributed by atoms with Gasteiger partial charge in [-0.15, -0.1) is 0 Å². The Morgan fingerprint density at radius 1 is 0.161 bits per heavy atom. The van der Waals surface area contributed by atoms with E-state index < -0.39 is 0 Å². The van der Waals surface area contributed by atoms with Crippen LogP contribution in [-0.4, -0.2) is 9.13 Å². The summed E-state index contributed by atoms with van der Waals surface area (Å²) in [5.74, 6) is 0. The largest absolute Gasteiger partial charge is 0.356 e. The van der Waals surface area contributed by atoms with Gasteiger partial charge in [0.15, 0.2) is 0 Å². The van der Waals surface area contributed by atoms with E-state index in [1.165, 1.54) is 34.6 Å². The van der Waals surface area contributed by atoms with E-state index in [0.29, 0.717) is 0 Å². The zero-order valence-electron chi connectivity index (χ0n) is 64.5. The maximum atomic E-state index is 3.43. The molecule has 8 nitrogen and oxygen atoms in total. The van der Waals surface area contributed by atoms with Crippen LogP contribution in [0.1, 0.15) is 0 Å². The van der Waals surface area contributed by atoms with Crippen molar-refractivity contribution in [2.75, 3.05) is 29.8 Å². The molecule has 0 unspecified atom stereocenters. The van der Waals surface area contributed by atoms with Crippen molar-refractivity contribution in [2.45, 2.75) is 0 Å². The van der Waals surface area contributed by atoms with E-state index >= 15 is 0 Å². The van der Waals surface area contributed by atoms with Gasteiger partial charge >= 0.3 is 0 Å². The van der Waals surface area contributed by atoms with Crippen molar-refractivity contribution in [1.29, 1.82) is 0 Å². The Morgan fingerprint density at radius 2 is 0.339 bits per heavy atom. The minimum absolute atomic E-state index is 1.06. The summed E-state index contributed by atoms with van der Waals surface area (Å²) in [7, 11) is 0. The van der Waals surface area contributed by atoms with Crippen LogP contribution < -0.4 is 29.8 Å². The quantitative estimate of drug-likeness (QED) is 0.0814. The van der Waals surface area contributed by atoms with Crippen LogP contribution in [0.15, 0.2) is 479 Å². The third kappa shape index (κ3) is 16.3. The highest BCUT2D eigenvalue weighted by atomic mass is 127.